The largest absolute Gasteiger partial charge is 0.489 e. The van der Waals surface area contributed by atoms with Crippen LogP contribution in [0.25, 0.3) is 0 Å². The summed E-state index contributed by atoms with van der Waals surface area (Å²) >= 11 is 0. The third kappa shape index (κ3) is 6.23. The summed E-state index contributed by atoms with van der Waals surface area (Å²) in [5, 5.41) is 9.70. The molecule has 0 spiro atoms. The number of amides is 1. The molecule has 176 valence electrons. The summed E-state index contributed by atoms with van der Waals surface area (Å²) in [6.45, 7) is 4.54. The quantitative estimate of drug-likeness (QED) is 0.581. The number of ether oxygens (including phenoxy) is 1. The van der Waals surface area contributed by atoms with Crippen molar-refractivity contribution in [2.45, 2.75) is 45.8 Å². The van der Waals surface area contributed by atoms with Crippen LogP contribution >= 0.6 is 0 Å². The van der Waals surface area contributed by atoms with Crippen LogP contribution in [0, 0.1) is 17.1 Å². The number of carbonyl (C=O) groups excluding carboxylic acids is 1. The van der Waals surface area contributed by atoms with Crippen molar-refractivity contribution in [3.8, 4) is 11.8 Å². The number of anilines is 1. The topological polar surface area (TPSA) is 90.7 Å². The van der Waals surface area contributed by atoms with Gasteiger partial charge in [0.05, 0.1) is 23.5 Å². The van der Waals surface area contributed by atoms with Crippen LogP contribution in [0.15, 0.2) is 42.5 Å². The minimum Gasteiger partial charge on any atom is -0.489 e. The Hall–Kier alpha value is -3.12. The second-order valence-corrected chi connectivity index (χ2v) is 10.1. The lowest BCUT2D eigenvalue weighted by atomic mass is 10.1. The molecule has 2 aromatic rings. The van der Waals surface area contributed by atoms with Gasteiger partial charge in [0, 0.05) is 32.9 Å². The molecular weight excluding hydrogens is 445 g/mol. The summed E-state index contributed by atoms with van der Waals surface area (Å²) in [5.41, 5.74) is 1.22. The lowest BCUT2D eigenvalue weighted by Gasteiger charge is -2.32. The lowest BCUT2D eigenvalue weighted by molar-refractivity contribution is -0.130. The summed E-state index contributed by atoms with van der Waals surface area (Å²) in [6.07, 6.45) is 1.63. The second-order valence-electron chi connectivity index (χ2n) is 8.06. The number of likely N-dealkylation sites (tertiary alicyclic amines) is 1. The molecule has 0 radical (unpaired) electrons. The molecule has 9 heteroatoms. The van der Waals surface area contributed by atoms with Gasteiger partial charge in [0.15, 0.2) is 0 Å². The van der Waals surface area contributed by atoms with Gasteiger partial charge in [0.1, 0.15) is 23.7 Å². The molecule has 0 bridgehead atoms. The van der Waals surface area contributed by atoms with E-state index in [9.17, 15) is 22.9 Å². The Labute approximate surface area is 194 Å². The van der Waals surface area contributed by atoms with Gasteiger partial charge in [-0.3, -0.25) is 9.10 Å². The van der Waals surface area contributed by atoms with Gasteiger partial charge in [-0.25, -0.2) is 12.8 Å². The first kappa shape index (κ1) is 24.5. The average Bonchev–Trinajstić information content (AvgIpc) is 2.79. The van der Waals surface area contributed by atoms with Crippen LogP contribution in [0.5, 0.6) is 5.75 Å². The van der Waals surface area contributed by atoms with E-state index in [1.165, 1.54) is 29.4 Å². The van der Waals surface area contributed by atoms with Gasteiger partial charge < -0.3 is 9.64 Å². The Morgan fingerprint density at radius 2 is 1.88 bits per heavy atom. The fourth-order valence-electron chi connectivity index (χ4n) is 3.81. The first-order valence-electron chi connectivity index (χ1n) is 10.9. The van der Waals surface area contributed by atoms with E-state index in [4.69, 9.17) is 4.74 Å². The molecule has 3 rings (SSSR count). The Kier molecular flexibility index (Phi) is 7.92. The monoisotopic (exact) mass is 473 g/mol. The molecule has 0 saturated carbocycles. The molecule has 0 N–H and O–H groups in total. The summed E-state index contributed by atoms with van der Waals surface area (Å²) in [6, 6.07) is 12.5. The van der Waals surface area contributed by atoms with E-state index in [2.05, 4.69) is 6.07 Å². The molecule has 0 unspecified atom stereocenters. The minimum absolute atomic E-state index is 0.0250. The number of nitrogens with zero attached hydrogens (tertiary/aromatic N) is 3. The standard InChI is InChI=1S/C24H28FN3O4S/c1-3-14-33(30,31)28(17-19-4-6-21(25)7-5-19)22-8-9-24(20(15-22)16-26)32-23-10-12-27(13-11-23)18(2)29/h4-9,15,23H,3,10-14,17H2,1-2H3. The molecule has 0 aromatic heterocycles. The highest BCUT2D eigenvalue weighted by Gasteiger charge is 2.25. The zero-order valence-corrected chi connectivity index (χ0v) is 19.6. The maximum absolute atomic E-state index is 13.3. The van der Waals surface area contributed by atoms with Crippen molar-refractivity contribution >= 4 is 21.6 Å². The second kappa shape index (κ2) is 10.7. The number of sulfonamides is 1. The van der Waals surface area contributed by atoms with Crippen LogP contribution in [-0.4, -0.2) is 44.2 Å². The molecule has 0 aliphatic carbocycles. The van der Waals surface area contributed by atoms with Crippen molar-refractivity contribution in [3.63, 3.8) is 0 Å². The maximum atomic E-state index is 13.3. The highest BCUT2D eigenvalue weighted by atomic mass is 32.2. The van der Waals surface area contributed by atoms with Gasteiger partial charge in [0.25, 0.3) is 0 Å². The highest BCUT2D eigenvalue weighted by molar-refractivity contribution is 7.92. The lowest BCUT2D eigenvalue weighted by Crippen LogP contribution is -2.40. The van der Waals surface area contributed by atoms with Crippen LogP contribution in [0.3, 0.4) is 0 Å². The molecule has 0 atom stereocenters. The van der Waals surface area contributed by atoms with Gasteiger partial charge in [-0.05, 0) is 42.3 Å². The number of carbonyl (C=O) groups is 1. The molecule has 1 heterocycles. The fourth-order valence-corrected chi connectivity index (χ4v) is 5.32. The number of benzene rings is 2. The van der Waals surface area contributed by atoms with Crippen LogP contribution in [0.1, 0.15) is 44.2 Å². The van der Waals surface area contributed by atoms with Crippen molar-refractivity contribution in [2.24, 2.45) is 0 Å². The first-order chi connectivity index (χ1) is 15.7. The van der Waals surface area contributed by atoms with Crippen molar-refractivity contribution in [3.05, 3.63) is 59.4 Å². The van der Waals surface area contributed by atoms with Gasteiger partial charge in [0.2, 0.25) is 15.9 Å². The van der Waals surface area contributed by atoms with Gasteiger partial charge in [-0.15, -0.1) is 0 Å². The summed E-state index contributed by atoms with van der Waals surface area (Å²) in [7, 11) is -3.66. The van der Waals surface area contributed by atoms with E-state index < -0.39 is 15.8 Å². The van der Waals surface area contributed by atoms with Crippen LogP contribution in [0.4, 0.5) is 10.1 Å². The van der Waals surface area contributed by atoms with E-state index in [0.717, 1.165) is 0 Å². The number of hydrogen-bond acceptors (Lipinski definition) is 5. The molecule has 7 nitrogen and oxygen atoms in total. The number of rotatable bonds is 8. The number of hydrogen-bond donors (Lipinski definition) is 0. The smallest absolute Gasteiger partial charge is 0.235 e. The molecule has 2 aromatic carbocycles. The van der Waals surface area contributed by atoms with Gasteiger partial charge >= 0.3 is 0 Å². The van der Waals surface area contributed by atoms with Crippen LogP contribution < -0.4 is 9.04 Å². The Balaban J connectivity index is 1.85. The third-order valence-electron chi connectivity index (χ3n) is 5.59. The average molecular weight is 474 g/mol. The van der Waals surface area contributed by atoms with E-state index in [1.807, 2.05) is 0 Å². The predicted molar refractivity (Wildman–Crippen MR) is 124 cm³/mol. The molecular formula is C24H28FN3O4S. The third-order valence-corrected chi connectivity index (χ3v) is 7.53. The summed E-state index contributed by atoms with van der Waals surface area (Å²) in [5.74, 6) is -0.0328. The van der Waals surface area contributed by atoms with E-state index >= 15 is 0 Å². The van der Waals surface area contributed by atoms with Crippen molar-refractivity contribution < 1.29 is 22.3 Å². The number of halogens is 1. The van der Waals surface area contributed by atoms with Gasteiger partial charge in [-0.1, -0.05) is 19.1 Å². The molecule has 1 saturated heterocycles. The van der Waals surface area contributed by atoms with E-state index in [0.29, 0.717) is 49.4 Å². The Morgan fingerprint density at radius 3 is 2.45 bits per heavy atom. The number of nitriles is 1. The van der Waals surface area contributed by atoms with Crippen LogP contribution in [-0.2, 0) is 21.4 Å². The summed E-state index contributed by atoms with van der Waals surface area (Å²) < 4.78 is 46.6. The molecule has 33 heavy (non-hydrogen) atoms. The summed E-state index contributed by atoms with van der Waals surface area (Å²) in [4.78, 5) is 13.3. The highest BCUT2D eigenvalue weighted by Crippen LogP contribution is 2.30. The van der Waals surface area contributed by atoms with E-state index in [-0.39, 0.29) is 29.9 Å². The molecule has 1 aliphatic heterocycles. The normalized spacial score (nSPS) is 14.5. The Bertz CT molecular complexity index is 1120. The molecule has 1 amide bonds. The van der Waals surface area contributed by atoms with Crippen molar-refractivity contribution in [1.82, 2.24) is 4.90 Å². The zero-order chi connectivity index (χ0) is 24.0. The molecule has 1 fully saturated rings. The van der Waals surface area contributed by atoms with Gasteiger partial charge in [-0.2, -0.15) is 5.26 Å². The Morgan fingerprint density at radius 1 is 1.21 bits per heavy atom. The van der Waals surface area contributed by atoms with E-state index in [1.54, 1.807) is 36.1 Å². The zero-order valence-electron chi connectivity index (χ0n) is 18.8. The van der Waals surface area contributed by atoms with Crippen molar-refractivity contribution in [1.29, 1.82) is 5.26 Å². The minimum atomic E-state index is -3.66. The van der Waals surface area contributed by atoms with Crippen molar-refractivity contribution in [2.75, 3.05) is 23.1 Å². The molecule has 1 aliphatic rings. The maximum Gasteiger partial charge on any atom is 0.235 e. The fraction of sp³-hybridized carbons (Fsp3) is 0.417. The SMILES string of the molecule is CCCS(=O)(=O)N(Cc1ccc(F)cc1)c1ccc(OC2CCN(C(C)=O)CC2)c(C#N)c1. The van der Waals surface area contributed by atoms with Crippen LogP contribution in [0.2, 0.25) is 0 Å². The first-order valence-corrected chi connectivity index (χ1v) is 12.6. The predicted octanol–water partition coefficient (Wildman–Crippen LogP) is 3.83. The number of piperidine rings is 1.